The van der Waals surface area contributed by atoms with E-state index in [9.17, 15) is 26.3 Å². The first-order valence-electron chi connectivity index (χ1n) is 12.0. The van der Waals surface area contributed by atoms with Crippen LogP contribution in [0, 0.1) is 0 Å². The molecule has 0 aromatic carbocycles. The number of nitrogens with zero attached hydrogens (tertiary/aromatic N) is 4. The van der Waals surface area contributed by atoms with Gasteiger partial charge in [0.15, 0.2) is 0 Å². The minimum absolute atomic E-state index is 0.540. The average molecular weight is 547 g/mol. The molecule has 212 valence electrons. The first-order chi connectivity index (χ1) is 17.3. The van der Waals surface area contributed by atoms with Crippen LogP contribution in [0.25, 0.3) is 0 Å². The van der Waals surface area contributed by atoms with Crippen LogP contribution >= 0.6 is 0 Å². The molecule has 2 saturated heterocycles. The van der Waals surface area contributed by atoms with E-state index in [1.807, 2.05) is 6.20 Å². The van der Waals surface area contributed by atoms with Gasteiger partial charge in [-0.15, -0.1) is 0 Å². The summed E-state index contributed by atoms with van der Waals surface area (Å²) in [6.45, 7) is 7.89. The van der Waals surface area contributed by atoms with Crippen molar-refractivity contribution in [2.45, 2.75) is 69.5 Å². The second-order valence-electron chi connectivity index (χ2n) is 8.99. The number of aliphatic carboxylic acids is 2. The first-order valence-corrected chi connectivity index (χ1v) is 12.0. The van der Waals surface area contributed by atoms with Crippen LogP contribution in [0.15, 0.2) is 12.3 Å². The highest BCUT2D eigenvalue weighted by atomic mass is 19.4. The molecule has 4 heterocycles. The molecule has 1 aromatic rings. The van der Waals surface area contributed by atoms with E-state index >= 15 is 0 Å². The van der Waals surface area contributed by atoms with Crippen LogP contribution in [0.5, 0.6) is 0 Å². The highest BCUT2D eigenvalue weighted by molar-refractivity contribution is 5.73. The number of rotatable bonds is 4. The topological polar surface area (TPSA) is 108 Å². The van der Waals surface area contributed by atoms with E-state index in [0.29, 0.717) is 12.1 Å². The van der Waals surface area contributed by atoms with E-state index in [-0.39, 0.29) is 0 Å². The summed E-state index contributed by atoms with van der Waals surface area (Å²) in [5.41, 5.74) is 1.39. The number of aromatic nitrogens is 2. The van der Waals surface area contributed by atoms with Crippen LogP contribution < -0.4 is 0 Å². The third kappa shape index (κ3) is 10.5. The maximum absolute atomic E-state index is 10.6. The highest BCUT2D eigenvalue weighted by Crippen LogP contribution is 2.28. The van der Waals surface area contributed by atoms with Crippen molar-refractivity contribution in [3.63, 3.8) is 0 Å². The van der Waals surface area contributed by atoms with Gasteiger partial charge >= 0.3 is 24.3 Å². The number of piperidine rings is 1. The minimum atomic E-state index is -5.08. The van der Waals surface area contributed by atoms with Gasteiger partial charge in [0.05, 0.1) is 11.7 Å². The second-order valence-corrected chi connectivity index (χ2v) is 8.99. The zero-order valence-electron chi connectivity index (χ0n) is 20.2. The Morgan fingerprint density at radius 3 is 2.03 bits per heavy atom. The normalized spacial score (nSPS) is 21.6. The van der Waals surface area contributed by atoms with E-state index in [2.05, 4.69) is 25.6 Å². The number of alkyl halides is 6. The smallest absolute Gasteiger partial charge is 0.475 e. The fourth-order valence-electron chi connectivity index (χ4n) is 4.47. The van der Waals surface area contributed by atoms with Crippen LogP contribution in [0.2, 0.25) is 0 Å². The molecule has 2 N–H and O–H groups in total. The predicted octanol–water partition coefficient (Wildman–Crippen LogP) is 3.56. The zero-order chi connectivity index (χ0) is 27.6. The third-order valence-electron chi connectivity index (χ3n) is 6.33. The average Bonchev–Trinajstić information content (AvgIpc) is 3.32. The summed E-state index contributed by atoms with van der Waals surface area (Å²) in [6, 6.07) is 3.45. The Kier molecular flexibility index (Phi) is 11.6. The predicted molar refractivity (Wildman–Crippen MR) is 118 cm³/mol. The van der Waals surface area contributed by atoms with E-state index in [1.54, 1.807) is 0 Å². The van der Waals surface area contributed by atoms with Crippen molar-refractivity contribution in [1.82, 2.24) is 19.6 Å². The molecule has 1 atom stereocenters. The second kappa shape index (κ2) is 14.0. The molecular weight excluding hydrogens is 514 g/mol. The van der Waals surface area contributed by atoms with Gasteiger partial charge in [0, 0.05) is 45.1 Å². The molecule has 0 aliphatic carbocycles. The lowest BCUT2D eigenvalue weighted by Gasteiger charge is -2.41. The van der Waals surface area contributed by atoms with Crippen LogP contribution in [0.4, 0.5) is 26.3 Å². The van der Waals surface area contributed by atoms with Crippen molar-refractivity contribution < 1.29 is 50.9 Å². The van der Waals surface area contributed by atoms with Crippen molar-refractivity contribution in [3.8, 4) is 0 Å². The summed E-state index contributed by atoms with van der Waals surface area (Å²) in [7, 11) is 0. The first kappa shape index (κ1) is 30.8. The molecular formula is C22H32F6N4O5. The van der Waals surface area contributed by atoms with Crippen LogP contribution in [-0.4, -0.2) is 99.5 Å². The number of hydrogen-bond donors (Lipinski definition) is 2. The molecule has 4 rings (SSSR count). The molecule has 0 saturated carbocycles. The van der Waals surface area contributed by atoms with Crippen molar-refractivity contribution in [2.75, 3.05) is 39.4 Å². The Morgan fingerprint density at radius 2 is 1.51 bits per heavy atom. The maximum Gasteiger partial charge on any atom is 0.490 e. The van der Waals surface area contributed by atoms with Gasteiger partial charge in [0.1, 0.15) is 0 Å². The lowest BCUT2D eigenvalue weighted by molar-refractivity contribution is -0.193. The molecule has 1 unspecified atom stereocenters. The summed E-state index contributed by atoms with van der Waals surface area (Å²) in [6.07, 6.45) is -0.399. The Bertz CT molecular complexity index is 827. The van der Waals surface area contributed by atoms with Crippen LogP contribution in [0.3, 0.4) is 0 Å². The number of ether oxygens (including phenoxy) is 1. The standard InChI is InChI=1S/C18H30N4O.2C2HF3O2/c1-2-9-20(10-3-1)11-5-18-15-21(16-6-12-23-13-7-16)14-17-4-8-19-22(17)18;2*3-2(4,5)1(6)7/h4,8,16,18H,1-3,5-7,9-15H2;2*(H,6,7). The summed E-state index contributed by atoms with van der Waals surface area (Å²) >= 11 is 0. The van der Waals surface area contributed by atoms with Crippen molar-refractivity contribution in [2.24, 2.45) is 0 Å². The summed E-state index contributed by atoms with van der Waals surface area (Å²) in [4.78, 5) is 23.1. The van der Waals surface area contributed by atoms with E-state index in [1.165, 1.54) is 63.9 Å². The number of fused-ring (bicyclic) bond motifs is 1. The molecule has 9 nitrogen and oxygen atoms in total. The summed E-state index contributed by atoms with van der Waals surface area (Å²) in [5, 5.41) is 18.9. The molecule has 3 aliphatic rings. The van der Waals surface area contributed by atoms with E-state index < -0.39 is 24.3 Å². The molecule has 0 spiro atoms. The van der Waals surface area contributed by atoms with Gasteiger partial charge in [0.25, 0.3) is 0 Å². The largest absolute Gasteiger partial charge is 0.490 e. The number of hydrogen-bond acceptors (Lipinski definition) is 6. The molecule has 37 heavy (non-hydrogen) atoms. The number of likely N-dealkylation sites (tertiary alicyclic amines) is 1. The zero-order valence-corrected chi connectivity index (χ0v) is 20.2. The van der Waals surface area contributed by atoms with Gasteiger partial charge < -0.3 is 19.8 Å². The quantitative estimate of drug-likeness (QED) is 0.552. The molecule has 0 radical (unpaired) electrons. The summed E-state index contributed by atoms with van der Waals surface area (Å²) < 4.78 is 71.3. The van der Waals surface area contributed by atoms with Crippen LogP contribution in [0.1, 0.15) is 50.3 Å². The fourth-order valence-corrected chi connectivity index (χ4v) is 4.47. The number of carboxylic acids is 2. The van der Waals surface area contributed by atoms with Crippen molar-refractivity contribution in [3.05, 3.63) is 18.0 Å². The van der Waals surface area contributed by atoms with Gasteiger partial charge in [-0.3, -0.25) is 9.58 Å². The Labute approximate surface area is 210 Å². The molecule has 0 amide bonds. The lowest BCUT2D eigenvalue weighted by Crippen LogP contribution is -2.46. The van der Waals surface area contributed by atoms with E-state index in [4.69, 9.17) is 24.5 Å². The summed E-state index contributed by atoms with van der Waals surface area (Å²) in [5.74, 6) is -5.51. The Hall–Kier alpha value is -2.39. The number of carbonyl (C=O) groups is 2. The molecule has 15 heteroatoms. The van der Waals surface area contributed by atoms with Gasteiger partial charge in [-0.25, -0.2) is 9.59 Å². The third-order valence-corrected chi connectivity index (χ3v) is 6.33. The molecule has 2 fully saturated rings. The Balaban J connectivity index is 0.000000286. The maximum atomic E-state index is 10.6. The van der Waals surface area contributed by atoms with Gasteiger partial charge in [0.2, 0.25) is 0 Å². The van der Waals surface area contributed by atoms with Crippen molar-refractivity contribution in [1.29, 1.82) is 0 Å². The SMILES string of the molecule is O=C(O)C(F)(F)F.O=C(O)C(F)(F)F.c1cc2n(n1)C(CCN1CCCCC1)CN(C1CCOCC1)C2. The van der Waals surface area contributed by atoms with Gasteiger partial charge in [-0.1, -0.05) is 6.42 Å². The number of halogens is 6. The van der Waals surface area contributed by atoms with Gasteiger partial charge in [-0.05, 0) is 51.3 Å². The molecule has 1 aromatic heterocycles. The van der Waals surface area contributed by atoms with Gasteiger partial charge in [-0.2, -0.15) is 31.4 Å². The lowest BCUT2D eigenvalue weighted by atomic mass is 10.0. The fraction of sp³-hybridized carbons (Fsp3) is 0.773. The van der Waals surface area contributed by atoms with Crippen LogP contribution in [-0.2, 0) is 20.9 Å². The highest BCUT2D eigenvalue weighted by Gasteiger charge is 2.39. The van der Waals surface area contributed by atoms with E-state index in [0.717, 1.165) is 26.3 Å². The van der Waals surface area contributed by atoms with Crippen molar-refractivity contribution >= 4 is 11.9 Å². The monoisotopic (exact) mass is 546 g/mol. The Morgan fingerprint density at radius 1 is 0.973 bits per heavy atom. The molecule has 3 aliphatic heterocycles. The number of carboxylic acid groups (broad SMARTS) is 2. The molecule has 0 bridgehead atoms. The minimum Gasteiger partial charge on any atom is -0.475 e.